The topological polar surface area (TPSA) is 83.6 Å². The molecule has 0 saturated heterocycles. The molecule has 2 N–H and O–H groups in total. The molecule has 0 bridgehead atoms. The number of rotatable bonds is 1. The Morgan fingerprint density at radius 3 is 2.92 bits per heavy atom. The van der Waals surface area contributed by atoms with Crippen molar-refractivity contribution < 1.29 is 19.4 Å². The van der Waals surface area contributed by atoms with Gasteiger partial charge in [-0.1, -0.05) is 0 Å². The minimum absolute atomic E-state index is 0.0405. The number of aromatic carboxylic acids is 1. The maximum atomic E-state index is 10.5. The molecule has 2 aromatic heterocycles. The maximum absolute atomic E-state index is 10.5. The highest BCUT2D eigenvalue weighted by Crippen LogP contribution is 2.25. The van der Waals surface area contributed by atoms with Gasteiger partial charge in [-0.3, -0.25) is 0 Å². The lowest BCUT2D eigenvalue weighted by Gasteiger charge is -1.88. The van der Waals surface area contributed by atoms with Crippen LogP contribution in [0.2, 0.25) is 0 Å². The summed E-state index contributed by atoms with van der Waals surface area (Å²) < 4.78 is 4.84. The summed E-state index contributed by atoms with van der Waals surface area (Å²) in [6.07, 6.45) is 1.34. The van der Waals surface area contributed by atoms with Crippen LogP contribution < -0.4 is 0 Å². The Balaban J connectivity index is 2.75. The summed E-state index contributed by atoms with van der Waals surface area (Å²) >= 11 is 0. The molecule has 0 spiro atoms. The third-order valence-electron chi connectivity index (χ3n) is 1.62. The van der Waals surface area contributed by atoms with Crippen LogP contribution in [0.5, 0.6) is 5.75 Å². The highest BCUT2D eigenvalue weighted by molar-refractivity contribution is 5.92. The SMILES string of the molecule is O=C(O)c1cc2c(O)ccnc2o1. The third-order valence-corrected chi connectivity index (χ3v) is 1.62. The van der Waals surface area contributed by atoms with Crippen LogP contribution in [0.15, 0.2) is 22.7 Å². The summed E-state index contributed by atoms with van der Waals surface area (Å²) in [5.74, 6) is -1.46. The molecular weight excluding hydrogens is 174 g/mol. The van der Waals surface area contributed by atoms with E-state index < -0.39 is 5.97 Å². The Labute approximate surface area is 72.2 Å². The molecule has 0 fully saturated rings. The predicted molar refractivity (Wildman–Crippen MR) is 42.6 cm³/mol. The number of fused-ring (bicyclic) bond motifs is 1. The largest absolute Gasteiger partial charge is 0.507 e. The summed E-state index contributed by atoms with van der Waals surface area (Å²) in [7, 11) is 0. The van der Waals surface area contributed by atoms with E-state index in [1.165, 1.54) is 18.3 Å². The zero-order valence-electron chi connectivity index (χ0n) is 6.39. The zero-order valence-corrected chi connectivity index (χ0v) is 6.39. The first-order chi connectivity index (χ1) is 6.18. The fraction of sp³-hybridized carbons (Fsp3) is 0. The van der Waals surface area contributed by atoms with E-state index in [2.05, 4.69) is 4.98 Å². The van der Waals surface area contributed by atoms with Gasteiger partial charge in [-0.15, -0.1) is 0 Å². The molecule has 5 nitrogen and oxygen atoms in total. The summed E-state index contributed by atoms with van der Waals surface area (Å²) in [5, 5.41) is 18.2. The summed E-state index contributed by atoms with van der Waals surface area (Å²) in [5.41, 5.74) is 0.123. The highest BCUT2D eigenvalue weighted by Gasteiger charge is 2.12. The van der Waals surface area contributed by atoms with Crippen molar-refractivity contribution in [3.63, 3.8) is 0 Å². The highest BCUT2D eigenvalue weighted by atomic mass is 16.4. The number of furan rings is 1. The van der Waals surface area contributed by atoms with Crippen LogP contribution in [-0.4, -0.2) is 21.2 Å². The first kappa shape index (κ1) is 7.60. The van der Waals surface area contributed by atoms with E-state index in [0.717, 1.165) is 0 Å². The second-order valence-electron chi connectivity index (χ2n) is 2.46. The smallest absolute Gasteiger partial charge is 0.371 e. The van der Waals surface area contributed by atoms with Gasteiger partial charge in [-0.2, -0.15) is 0 Å². The Morgan fingerprint density at radius 1 is 1.54 bits per heavy atom. The summed E-state index contributed by atoms with van der Waals surface area (Å²) in [6.45, 7) is 0. The maximum Gasteiger partial charge on any atom is 0.371 e. The minimum Gasteiger partial charge on any atom is -0.507 e. The van der Waals surface area contributed by atoms with Gasteiger partial charge >= 0.3 is 5.97 Å². The van der Waals surface area contributed by atoms with Crippen molar-refractivity contribution in [2.75, 3.05) is 0 Å². The van der Waals surface area contributed by atoms with Crippen molar-refractivity contribution >= 4 is 17.1 Å². The number of carboxylic acid groups (broad SMARTS) is 1. The molecule has 0 aliphatic carbocycles. The Morgan fingerprint density at radius 2 is 2.31 bits per heavy atom. The van der Waals surface area contributed by atoms with Crippen LogP contribution in [-0.2, 0) is 0 Å². The van der Waals surface area contributed by atoms with Gasteiger partial charge in [-0.25, -0.2) is 9.78 Å². The first-order valence-corrected chi connectivity index (χ1v) is 3.49. The van der Waals surface area contributed by atoms with Gasteiger partial charge in [0.25, 0.3) is 0 Å². The zero-order chi connectivity index (χ0) is 9.42. The van der Waals surface area contributed by atoms with E-state index >= 15 is 0 Å². The van der Waals surface area contributed by atoms with Crippen molar-refractivity contribution in [3.05, 3.63) is 24.1 Å². The lowest BCUT2D eigenvalue weighted by Crippen LogP contribution is -1.91. The fourth-order valence-corrected chi connectivity index (χ4v) is 1.03. The number of aromatic nitrogens is 1. The molecule has 2 aromatic rings. The summed E-state index contributed by atoms with van der Waals surface area (Å²) in [6, 6.07) is 2.60. The molecule has 66 valence electrons. The molecule has 0 saturated carbocycles. The van der Waals surface area contributed by atoms with E-state index in [1.54, 1.807) is 0 Å². The van der Waals surface area contributed by atoms with E-state index in [9.17, 15) is 9.90 Å². The molecule has 2 heterocycles. The number of carbonyl (C=O) groups is 1. The van der Waals surface area contributed by atoms with Gasteiger partial charge in [0.15, 0.2) is 0 Å². The molecular formula is C8H5NO4. The van der Waals surface area contributed by atoms with E-state index in [4.69, 9.17) is 9.52 Å². The van der Waals surface area contributed by atoms with Gasteiger partial charge in [0.1, 0.15) is 5.75 Å². The monoisotopic (exact) mass is 179 g/mol. The lowest BCUT2D eigenvalue weighted by molar-refractivity contribution is 0.0664. The molecule has 0 amide bonds. The number of aromatic hydroxyl groups is 1. The van der Waals surface area contributed by atoms with Gasteiger partial charge in [-0.05, 0) is 6.07 Å². The first-order valence-electron chi connectivity index (χ1n) is 3.49. The van der Waals surface area contributed by atoms with Gasteiger partial charge < -0.3 is 14.6 Å². The minimum atomic E-state index is -1.18. The quantitative estimate of drug-likeness (QED) is 0.687. The number of hydrogen-bond donors (Lipinski definition) is 2. The third kappa shape index (κ3) is 1.10. The number of nitrogens with zero attached hydrogens (tertiary/aromatic N) is 1. The molecule has 0 radical (unpaired) electrons. The molecule has 13 heavy (non-hydrogen) atoms. The number of carboxylic acids is 1. The van der Waals surface area contributed by atoms with Crippen LogP contribution in [0.4, 0.5) is 0 Å². The molecule has 0 unspecified atom stereocenters. The van der Waals surface area contributed by atoms with Crippen LogP contribution in [0.25, 0.3) is 11.1 Å². The van der Waals surface area contributed by atoms with Crippen molar-refractivity contribution in [1.82, 2.24) is 4.98 Å². The van der Waals surface area contributed by atoms with Crippen molar-refractivity contribution in [2.24, 2.45) is 0 Å². The van der Waals surface area contributed by atoms with Gasteiger partial charge in [0, 0.05) is 12.3 Å². The molecule has 0 aromatic carbocycles. The van der Waals surface area contributed by atoms with Crippen LogP contribution in [0.3, 0.4) is 0 Å². The van der Waals surface area contributed by atoms with E-state index in [-0.39, 0.29) is 17.2 Å². The van der Waals surface area contributed by atoms with Gasteiger partial charge in [0.2, 0.25) is 11.5 Å². The lowest BCUT2D eigenvalue weighted by atomic mass is 10.3. The second-order valence-corrected chi connectivity index (χ2v) is 2.46. The number of hydrogen-bond acceptors (Lipinski definition) is 4. The average Bonchev–Trinajstić information content (AvgIpc) is 2.49. The standard InChI is InChI=1S/C8H5NO4/c10-5-1-2-9-7-4(5)3-6(13-7)8(11)12/h1-3H,(H,9,10)(H,11,12). The molecule has 2 rings (SSSR count). The van der Waals surface area contributed by atoms with Crippen LogP contribution in [0.1, 0.15) is 10.6 Å². The van der Waals surface area contributed by atoms with Crippen molar-refractivity contribution in [1.29, 1.82) is 0 Å². The van der Waals surface area contributed by atoms with E-state index in [1.807, 2.05) is 0 Å². The Kier molecular flexibility index (Phi) is 1.45. The van der Waals surface area contributed by atoms with Crippen LogP contribution in [0, 0.1) is 0 Å². The molecule has 5 heteroatoms. The molecule has 0 atom stereocenters. The van der Waals surface area contributed by atoms with Gasteiger partial charge in [0.05, 0.1) is 5.39 Å². The fourth-order valence-electron chi connectivity index (χ4n) is 1.03. The van der Waals surface area contributed by atoms with Crippen molar-refractivity contribution in [3.8, 4) is 5.75 Å². The molecule has 0 aliphatic heterocycles. The summed E-state index contributed by atoms with van der Waals surface area (Å²) in [4.78, 5) is 14.2. The molecule has 0 aliphatic rings. The second kappa shape index (κ2) is 2.48. The number of pyridine rings is 1. The van der Waals surface area contributed by atoms with Crippen LogP contribution >= 0.6 is 0 Å². The predicted octanol–water partition coefficient (Wildman–Crippen LogP) is 1.23. The normalized spacial score (nSPS) is 10.5. The average molecular weight is 179 g/mol. The van der Waals surface area contributed by atoms with Crippen molar-refractivity contribution in [2.45, 2.75) is 0 Å². The van der Waals surface area contributed by atoms with E-state index in [0.29, 0.717) is 5.39 Å². The Bertz CT molecular complexity index is 474. The Hall–Kier alpha value is -2.04.